The van der Waals surface area contributed by atoms with E-state index < -0.39 is 0 Å². The van der Waals surface area contributed by atoms with E-state index in [4.69, 9.17) is 11.6 Å². The van der Waals surface area contributed by atoms with Crippen molar-refractivity contribution in [3.63, 3.8) is 0 Å². The van der Waals surface area contributed by atoms with Crippen molar-refractivity contribution in [2.24, 2.45) is 0 Å². The minimum atomic E-state index is 0.711. The first-order chi connectivity index (χ1) is 6.69. The standard InChI is InChI=1S/C11H15ClN2/c1-4-8(2)7-10(12)9-5-6-14-11(9)13-3/h5-7,13-14H,2,4H2,1,3H3. The summed E-state index contributed by atoms with van der Waals surface area (Å²) in [5.74, 6) is 0.926. The second-order valence-electron chi connectivity index (χ2n) is 3.02. The van der Waals surface area contributed by atoms with Gasteiger partial charge in [0.05, 0.1) is 5.03 Å². The van der Waals surface area contributed by atoms with E-state index in [1.54, 1.807) is 0 Å². The van der Waals surface area contributed by atoms with Crippen molar-refractivity contribution in [1.29, 1.82) is 0 Å². The number of anilines is 1. The van der Waals surface area contributed by atoms with Gasteiger partial charge < -0.3 is 10.3 Å². The highest BCUT2D eigenvalue weighted by Gasteiger charge is 2.05. The summed E-state index contributed by atoms with van der Waals surface area (Å²) in [7, 11) is 1.86. The van der Waals surface area contributed by atoms with E-state index in [2.05, 4.69) is 23.8 Å². The lowest BCUT2D eigenvalue weighted by Crippen LogP contribution is -1.90. The minimum absolute atomic E-state index is 0.711. The fraction of sp³-hybridized carbons (Fsp3) is 0.273. The molecule has 0 saturated carbocycles. The van der Waals surface area contributed by atoms with Crippen LogP contribution in [0.5, 0.6) is 0 Å². The first-order valence-electron chi connectivity index (χ1n) is 4.59. The lowest BCUT2D eigenvalue weighted by Gasteiger charge is -2.02. The van der Waals surface area contributed by atoms with E-state index >= 15 is 0 Å². The van der Waals surface area contributed by atoms with Crippen molar-refractivity contribution in [3.05, 3.63) is 36.1 Å². The summed E-state index contributed by atoms with van der Waals surface area (Å²) in [4.78, 5) is 3.06. The molecule has 14 heavy (non-hydrogen) atoms. The number of nitrogens with one attached hydrogen (secondary N) is 2. The quantitative estimate of drug-likeness (QED) is 0.731. The molecule has 0 amide bonds. The second-order valence-corrected chi connectivity index (χ2v) is 3.43. The average Bonchev–Trinajstić information content (AvgIpc) is 2.65. The molecule has 0 aliphatic carbocycles. The van der Waals surface area contributed by atoms with Crippen LogP contribution < -0.4 is 5.32 Å². The first kappa shape index (κ1) is 10.9. The predicted octanol–water partition coefficient (Wildman–Crippen LogP) is 3.60. The Morgan fingerprint density at radius 1 is 1.71 bits per heavy atom. The third-order valence-electron chi connectivity index (χ3n) is 2.04. The maximum atomic E-state index is 6.15. The van der Waals surface area contributed by atoms with Crippen LogP contribution in [0.3, 0.4) is 0 Å². The fourth-order valence-electron chi connectivity index (χ4n) is 1.13. The van der Waals surface area contributed by atoms with Crippen molar-refractivity contribution >= 4 is 22.5 Å². The van der Waals surface area contributed by atoms with Crippen LogP contribution in [0, 0.1) is 0 Å². The first-order valence-corrected chi connectivity index (χ1v) is 4.97. The third-order valence-corrected chi connectivity index (χ3v) is 2.35. The Hall–Kier alpha value is -1.15. The predicted molar refractivity (Wildman–Crippen MR) is 63.6 cm³/mol. The molecule has 1 rings (SSSR count). The summed E-state index contributed by atoms with van der Waals surface area (Å²) in [5.41, 5.74) is 2.00. The van der Waals surface area contributed by atoms with Gasteiger partial charge in [-0.1, -0.05) is 30.7 Å². The lowest BCUT2D eigenvalue weighted by molar-refractivity contribution is 1.16. The minimum Gasteiger partial charge on any atom is -0.374 e. The zero-order valence-electron chi connectivity index (χ0n) is 8.52. The van der Waals surface area contributed by atoms with E-state index in [1.165, 1.54) is 0 Å². The normalized spacial score (nSPS) is 11.5. The van der Waals surface area contributed by atoms with E-state index in [0.29, 0.717) is 5.03 Å². The van der Waals surface area contributed by atoms with Crippen molar-refractivity contribution in [2.75, 3.05) is 12.4 Å². The summed E-state index contributed by atoms with van der Waals surface area (Å²) < 4.78 is 0. The summed E-state index contributed by atoms with van der Waals surface area (Å²) in [6.07, 6.45) is 4.66. The highest BCUT2D eigenvalue weighted by Crippen LogP contribution is 2.26. The molecule has 1 heterocycles. The lowest BCUT2D eigenvalue weighted by atomic mass is 10.2. The summed E-state index contributed by atoms with van der Waals surface area (Å²) in [5, 5.41) is 3.75. The second kappa shape index (κ2) is 4.91. The Bertz CT molecular complexity index is 350. The van der Waals surface area contributed by atoms with Gasteiger partial charge in [0.25, 0.3) is 0 Å². The molecule has 0 fully saturated rings. The molecule has 76 valence electrons. The summed E-state index contributed by atoms with van der Waals surface area (Å²) in [6, 6.07) is 1.94. The van der Waals surface area contributed by atoms with Gasteiger partial charge in [-0.25, -0.2) is 0 Å². The van der Waals surface area contributed by atoms with E-state index in [0.717, 1.165) is 23.4 Å². The number of hydrogen-bond donors (Lipinski definition) is 2. The van der Waals surface area contributed by atoms with Crippen LogP contribution in [-0.4, -0.2) is 12.0 Å². The number of hydrogen-bond acceptors (Lipinski definition) is 1. The number of halogens is 1. The van der Waals surface area contributed by atoms with E-state index in [-0.39, 0.29) is 0 Å². The number of aromatic nitrogens is 1. The molecule has 0 aromatic carbocycles. The Morgan fingerprint density at radius 3 is 3.00 bits per heavy atom. The molecule has 0 atom stereocenters. The number of H-pyrrole nitrogens is 1. The van der Waals surface area contributed by atoms with Gasteiger partial charge in [-0.3, -0.25) is 0 Å². The van der Waals surface area contributed by atoms with Crippen LogP contribution in [0.15, 0.2) is 30.5 Å². The molecule has 0 spiro atoms. The maximum Gasteiger partial charge on any atom is 0.111 e. The van der Waals surface area contributed by atoms with Crippen molar-refractivity contribution < 1.29 is 0 Å². The molecule has 0 aliphatic rings. The Balaban J connectivity index is 2.93. The molecule has 2 N–H and O–H groups in total. The third kappa shape index (κ3) is 2.42. The zero-order valence-corrected chi connectivity index (χ0v) is 9.28. The summed E-state index contributed by atoms with van der Waals surface area (Å²) in [6.45, 7) is 5.94. The van der Waals surface area contributed by atoms with Gasteiger partial charge in [0.1, 0.15) is 5.82 Å². The Labute approximate surface area is 89.7 Å². The number of allylic oxidation sites excluding steroid dienone is 2. The monoisotopic (exact) mass is 210 g/mol. The van der Waals surface area contributed by atoms with E-state index in [9.17, 15) is 0 Å². The van der Waals surface area contributed by atoms with Crippen molar-refractivity contribution in [1.82, 2.24) is 4.98 Å². The molecular weight excluding hydrogens is 196 g/mol. The average molecular weight is 211 g/mol. The molecule has 0 bridgehead atoms. The molecule has 1 aromatic rings. The largest absolute Gasteiger partial charge is 0.374 e. The van der Waals surface area contributed by atoms with Crippen LogP contribution in [0.4, 0.5) is 5.82 Å². The van der Waals surface area contributed by atoms with Crippen LogP contribution in [0.1, 0.15) is 18.9 Å². The maximum absolute atomic E-state index is 6.15. The highest BCUT2D eigenvalue weighted by atomic mass is 35.5. The van der Waals surface area contributed by atoms with Gasteiger partial charge in [0, 0.05) is 18.8 Å². The van der Waals surface area contributed by atoms with Crippen molar-refractivity contribution in [3.8, 4) is 0 Å². The van der Waals surface area contributed by atoms with E-state index in [1.807, 2.05) is 25.4 Å². The van der Waals surface area contributed by atoms with Gasteiger partial charge in [0.2, 0.25) is 0 Å². The molecule has 0 aliphatic heterocycles. The van der Waals surface area contributed by atoms with Crippen molar-refractivity contribution in [2.45, 2.75) is 13.3 Å². The summed E-state index contributed by atoms with van der Waals surface area (Å²) >= 11 is 6.15. The van der Waals surface area contributed by atoms with Gasteiger partial charge in [-0.05, 0) is 18.6 Å². The molecule has 0 radical (unpaired) electrons. The molecule has 1 aromatic heterocycles. The molecular formula is C11H15ClN2. The fourth-order valence-corrected chi connectivity index (χ4v) is 1.45. The van der Waals surface area contributed by atoms with Gasteiger partial charge in [-0.2, -0.15) is 0 Å². The molecule has 0 unspecified atom stereocenters. The van der Waals surface area contributed by atoms with Crippen LogP contribution in [0.25, 0.3) is 5.03 Å². The van der Waals surface area contributed by atoms with Crippen LogP contribution >= 0.6 is 11.6 Å². The number of rotatable bonds is 4. The van der Waals surface area contributed by atoms with Crippen LogP contribution in [-0.2, 0) is 0 Å². The molecule has 3 heteroatoms. The zero-order chi connectivity index (χ0) is 10.6. The number of aromatic amines is 1. The van der Waals surface area contributed by atoms with Gasteiger partial charge in [-0.15, -0.1) is 0 Å². The Morgan fingerprint density at radius 2 is 2.43 bits per heavy atom. The highest BCUT2D eigenvalue weighted by molar-refractivity contribution is 6.49. The Kier molecular flexibility index (Phi) is 3.84. The van der Waals surface area contributed by atoms with Crippen LogP contribution in [0.2, 0.25) is 0 Å². The smallest absolute Gasteiger partial charge is 0.111 e. The molecule has 2 nitrogen and oxygen atoms in total. The topological polar surface area (TPSA) is 27.8 Å². The van der Waals surface area contributed by atoms with Gasteiger partial charge in [0.15, 0.2) is 0 Å². The van der Waals surface area contributed by atoms with Gasteiger partial charge >= 0.3 is 0 Å². The molecule has 0 saturated heterocycles. The SMILES string of the molecule is C=C(C=C(Cl)c1cc[nH]c1NC)CC.